The number of aliphatic carboxylic acids is 1. The molecule has 0 aliphatic heterocycles. The lowest BCUT2D eigenvalue weighted by molar-refractivity contribution is -0.167. The molecule has 0 saturated heterocycles. The highest BCUT2D eigenvalue weighted by Gasteiger charge is 2.53. The number of hydrogen-bond acceptors (Lipinski definition) is 2. The molecule has 1 aliphatic carbocycles. The molecule has 0 aromatic carbocycles. The Morgan fingerprint density at radius 3 is 2.33 bits per heavy atom. The van der Waals surface area contributed by atoms with Crippen molar-refractivity contribution in [3.8, 4) is 0 Å². The third-order valence-electron chi connectivity index (χ3n) is 4.24. The molecule has 1 rings (SSSR count). The van der Waals surface area contributed by atoms with E-state index in [0.717, 1.165) is 25.7 Å². The van der Waals surface area contributed by atoms with Gasteiger partial charge >= 0.3 is 5.97 Å². The van der Waals surface area contributed by atoms with Crippen LogP contribution in [-0.4, -0.2) is 34.0 Å². The molecule has 1 saturated carbocycles. The fourth-order valence-electron chi connectivity index (χ4n) is 3.44. The molecule has 0 radical (unpaired) electrons. The van der Waals surface area contributed by atoms with E-state index in [1.54, 1.807) is 0 Å². The van der Waals surface area contributed by atoms with E-state index in [9.17, 15) is 14.7 Å². The van der Waals surface area contributed by atoms with E-state index in [0.29, 0.717) is 6.42 Å². The van der Waals surface area contributed by atoms with Crippen LogP contribution in [0, 0.1) is 11.8 Å². The molecule has 0 aromatic rings. The zero-order chi connectivity index (χ0) is 13.9. The van der Waals surface area contributed by atoms with Crippen LogP contribution in [0.15, 0.2) is 0 Å². The number of nitrogens with zero attached hydrogens (tertiary/aromatic N) is 1. The molecule has 2 unspecified atom stereocenters. The molecule has 0 bridgehead atoms. The number of hydrogen-bond donors (Lipinski definition) is 1. The van der Waals surface area contributed by atoms with Gasteiger partial charge in [-0.15, -0.1) is 0 Å². The summed E-state index contributed by atoms with van der Waals surface area (Å²) in [6.07, 6.45) is 4.12. The smallest absolute Gasteiger partial charge is 0.329 e. The van der Waals surface area contributed by atoms with Crippen LogP contribution >= 0.6 is 0 Å². The van der Waals surface area contributed by atoms with E-state index in [4.69, 9.17) is 0 Å². The molecule has 1 amide bonds. The maximum absolute atomic E-state index is 11.9. The average Bonchev–Trinajstić information content (AvgIpc) is 2.29. The van der Waals surface area contributed by atoms with Crippen LogP contribution in [0.1, 0.15) is 53.4 Å². The molecule has 104 valence electrons. The molecule has 1 fully saturated rings. The largest absolute Gasteiger partial charge is 0.479 e. The maximum atomic E-state index is 11.9. The van der Waals surface area contributed by atoms with Gasteiger partial charge in [-0.25, -0.2) is 4.79 Å². The first-order valence-corrected chi connectivity index (χ1v) is 6.85. The predicted molar refractivity (Wildman–Crippen MR) is 70.2 cm³/mol. The van der Waals surface area contributed by atoms with Crippen molar-refractivity contribution in [3.63, 3.8) is 0 Å². The van der Waals surface area contributed by atoms with Crippen LogP contribution in [0.5, 0.6) is 0 Å². The van der Waals surface area contributed by atoms with E-state index in [1.165, 1.54) is 4.90 Å². The lowest BCUT2D eigenvalue weighted by Gasteiger charge is -2.50. The fourth-order valence-corrected chi connectivity index (χ4v) is 3.44. The predicted octanol–water partition coefficient (Wildman–Crippen LogP) is 2.52. The molecule has 1 N–H and O–H groups in total. The van der Waals surface area contributed by atoms with Crippen molar-refractivity contribution in [3.05, 3.63) is 0 Å². The lowest BCUT2D eigenvalue weighted by atomic mass is 9.66. The van der Waals surface area contributed by atoms with Crippen molar-refractivity contribution in [2.45, 2.75) is 65.0 Å². The maximum Gasteiger partial charge on any atom is 0.329 e. The van der Waals surface area contributed by atoms with Crippen molar-refractivity contribution in [2.24, 2.45) is 11.8 Å². The molecule has 0 spiro atoms. The monoisotopic (exact) mass is 255 g/mol. The number of carboxylic acid groups (broad SMARTS) is 1. The minimum atomic E-state index is -1.01. The summed E-state index contributed by atoms with van der Waals surface area (Å²) < 4.78 is 0. The van der Waals surface area contributed by atoms with Gasteiger partial charge in [0, 0.05) is 6.04 Å². The fraction of sp³-hybridized carbons (Fsp3) is 0.857. The molecular weight excluding hydrogens is 230 g/mol. The van der Waals surface area contributed by atoms with E-state index in [-0.39, 0.29) is 17.9 Å². The van der Waals surface area contributed by atoms with E-state index in [2.05, 4.69) is 13.8 Å². The molecule has 4 heteroatoms. The third kappa shape index (κ3) is 2.38. The Kier molecular flexibility index (Phi) is 4.77. The highest BCUT2D eigenvalue weighted by Crippen LogP contribution is 2.43. The lowest BCUT2D eigenvalue weighted by Crippen LogP contribution is -2.63. The summed E-state index contributed by atoms with van der Waals surface area (Å²) in [6, 6.07) is -0.0852. The second-order valence-electron chi connectivity index (χ2n) is 5.93. The van der Waals surface area contributed by atoms with E-state index >= 15 is 0 Å². The van der Waals surface area contributed by atoms with Crippen LogP contribution in [-0.2, 0) is 9.59 Å². The SMILES string of the molecule is CC(C)C1CCCCC1(C(=O)O)N(C=O)C(C)C. The van der Waals surface area contributed by atoms with Crippen molar-refractivity contribution in [2.75, 3.05) is 0 Å². The summed E-state index contributed by atoms with van der Waals surface area (Å²) in [6.45, 7) is 7.87. The Morgan fingerprint density at radius 2 is 1.94 bits per heavy atom. The molecule has 2 atom stereocenters. The van der Waals surface area contributed by atoms with Crippen molar-refractivity contribution < 1.29 is 14.7 Å². The van der Waals surface area contributed by atoms with Gasteiger partial charge in [0.05, 0.1) is 0 Å². The van der Waals surface area contributed by atoms with Gasteiger partial charge in [-0.3, -0.25) is 4.79 Å². The number of carbonyl (C=O) groups excluding carboxylic acids is 1. The van der Waals surface area contributed by atoms with Crippen molar-refractivity contribution in [1.82, 2.24) is 4.90 Å². The standard InChI is InChI=1S/C14H25NO3/c1-10(2)12-7-5-6-8-14(12,13(17)18)15(9-16)11(3)4/h9-12H,5-8H2,1-4H3,(H,17,18). The topological polar surface area (TPSA) is 57.6 Å². The highest BCUT2D eigenvalue weighted by atomic mass is 16.4. The van der Waals surface area contributed by atoms with Gasteiger partial charge in [0.25, 0.3) is 0 Å². The van der Waals surface area contributed by atoms with Gasteiger partial charge < -0.3 is 10.0 Å². The molecule has 18 heavy (non-hydrogen) atoms. The molecule has 0 aromatic heterocycles. The van der Waals surface area contributed by atoms with E-state index in [1.807, 2.05) is 13.8 Å². The summed E-state index contributed by atoms with van der Waals surface area (Å²) in [4.78, 5) is 24.8. The Balaban J connectivity index is 3.25. The van der Waals surface area contributed by atoms with Gasteiger partial charge in [-0.1, -0.05) is 26.7 Å². The van der Waals surface area contributed by atoms with Gasteiger partial charge in [-0.05, 0) is 38.5 Å². The summed E-state index contributed by atoms with van der Waals surface area (Å²) >= 11 is 0. The van der Waals surface area contributed by atoms with Crippen LogP contribution in [0.3, 0.4) is 0 Å². The molecule has 0 heterocycles. The molecular formula is C14H25NO3. The van der Waals surface area contributed by atoms with Gasteiger partial charge in [0.15, 0.2) is 0 Å². The first-order valence-electron chi connectivity index (χ1n) is 6.85. The van der Waals surface area contributed by atoms with Crippen LogP contribution in [0.2, 0.25) is 0 Å². The average molecular weight is 255 g/mol. The minimum absolute atomic E-state index is 0.0383. The Hall–Kier alpha value is -1.06. The second kappa shape index (κ2) is 5.72. The summed E-state index contributed by atoms with van der Waals surface area (Å²) in [5, 5.41) is 9.76. The van der Waals surface area contributed by atoms with Gasteiger partial charge in [0.1, 0.15) is 5.54 Å². The quantitative estimate of drug-likeness (QED) is 0.768. The zero-order valence-electron chi connectivity index (χ0n) is 11.8. The number of amides is 1. The first-order chi connectivity index (χ1) is 8.37. The number of carboxylic acids is 1. The molecule has 4 nitrogen and oxygen atoms in total. The van der Waals surface area contributed by atoms with E-state index < -0.39 is 11.5 Å². The Labute approximate surface area is 109 Å². The van der Waals surface area contributed by atoms with Crippen molar-refractivity contribution >= 4 is 12.4 Å². The number of rotatable bonds is 5. The summed E-state index contributed by atoms with van der Waals surface area (Å²) in [5.41, 5.74) is -1.01. The van der Waals surface area contributed by atoms with Gasteiger partial charge in [0.2, 0.25) is 6.41 Å². The highest BCUT2D eigenvalue weighted by molar-refractivity contribution is 5.82. The second-order valence-corrected chi connectivity index (χ2v) is 5.93. The third-order valence-corrected chi connectivity index (χ3v) is 4.24. The first kappa shape index (κ1) is 15.0. The Bertz CT molecular complexity index is 314. The van der Waals surface area contributed by atoms with Crippen LogP contribution in [0.4, 0.5) is 0 Å². The zero-order valence-corrected chi connectivity index (χ0v) is 11.8. The Morgan fingerprint density at radius 1 is 1.33 bits per heavy atom. The number of carbonyl (C=O) groups is 2. The normalized spacial score (nSPS) is 28.4. The summed E-state index contributed by atoms with van der Waals surface area (Å²) in [7, 11) is 0. The van der Waals surface area contributed by atoms with Gasteiger partial charge in [-0.2, -0.15) is 0 Å². The molecule has 1 aliphatic rings. The summed E-state index contributed by atoms with van der Waals surface area (Å²) in [5.74, 6) is -0.541. The minimum Gasteiger partial charge on any atom is -0.479 e. The van der Waals surface area contributed by atoms with Crippen molar-refractivity contribution in [1.29, 1.82) is 0 Å². The van der Waals surface area contributed by atoms with Crippen LogP contribution < -0.4 is 0 Å². The van der Waals surface area contributed by atoms with Crippen LogP contribution in [0.25, 0.3) is 0 Å².